The summed E-state index contributed by atoms with van der Waals surface area (Å²) in [4.78, 5) is 12.4. The monoisotopic (exact) mass is 305 g/mol. The molecule has 7 heteroatoms. The van der Waals surface area contributed by atoms with E-state index in [0.717, 1.165) is 5.56 Å². The van der Waals surface area contributed by atoms with Crippen molar-refractivity contribution in [1.29, 1.82) is 0 Å². The molecule has 0 atom stereocenters. The number of amides is 1. The number of nitrogens with zero attached hydrogens (tertiary/aromatic N) is 1. The van der Waals surface area contributed by atoms with Crippen LogP contribution in [-0.2, 0) is 11.3 Å². The van der Waals surface area contributed by atoms with E-state index in [4.69, 9.17) is 27.2 Å². The molecule has 1 amide bonds. The molecule has 0 fully saturated rings. The summed E-state index contributed by atoms with van der Waals surface area (Å²) in [5.41, 5.74) is 7.98. The van der Waals surface area contributed by atoms with Crippen molar-refractivity contribution in [2.24, 2.45) is 5.73 Å². The van der Waals surface area contributed by atoms with Gasteiger partial charge >= 0.3 is 0 Å². The molecule has 0 aliphatic carbocycles. The quantitative estimate of drug-likeness (QED) is 0.821. The van der Waals surface area contributed by atoms with Crippen LogP contribution in [0.4, 0.5) is 5.69 Å². The molecule has 21 heavy (non-hydrogen) atoms. The van der Waals surface area contributed by atoms with Crippen molar-refractivity contribution in [2.75, 3.05) is 12.4 Å². The van der Waals surface area contributed by atoms with Crippen molar-refractivity contribution in [2.45, 2.75) is 13.5 Å². The number of aryl methyl sites for hydroxylation is 1. The zero-order valence-corrected chi connectivity index (χ0v) is 12.5. The van der Waals surface area contributed by atoms with Crippen molar-refractivity contribution in [3.63, 3.8) is 0 Å². The summed E-state index contributed by atoms with van der Waals surface area (Å²) in [7, 11) is 1.53. The topological polar surface area (TPSA) is 90.4 Å². The lowest BCUT2D eigenvalue weighted by Crippen LogP contribution is -2.15. The van der Waals surface area contributed by atoms with Gasteiger partial charge in [-0.15, -0.1) is 0 Å². The van der Waals surface area contributed by atoms with Crippen molar-refractivity contribution >= 4 is 28.8 Å². The Labute approximate surface area is 127 Å². The van der Waals surface area contributed by atoms with Crippen molar-refractivity contribution < 1.29 is 14.1 Å². The number of methoxy groups -OCH3 is 1. The fourth-order valence-electron chi connectivity index (χ4n) is 1.73. The molecular formula is C14H15N3O3S. The highest BCUT2D eigenvalue weighted by Crippen LogP contribution is 2.18. The van der Waals surface area contributed by atoms with E-state index in [2.05, 4.69) is 10.5 Å². The van der Waals surface area contributed by atoms with Gasteiger partial charge in [0.15, 0.2) is 11.5 Å². The Morgan fingerprint density at radius 3 is 2.90 bits per heavy atom. The van der Waals surface area contributed by atoms with Crippen molar-refractivity contribution in [1.82, 2.24) is 5.16 Å². The Morgan fingerprint density at radius 2 is 2.24 bits per heavy atom. The molecule has 1 heterocycles. The summed E-state index contributed by atoms with van der Waals surface area (Å²) in [5, 5.41) is 6.46. The van der Waals surface area contributed by atoms with Crippen LogP contribution in [0.1, 0.15) is 27.4 Å². The van der Waals surface area contributed by atoms with E-state index in [0.29, 0.717) is 17.0 Å². The average molecular weight is 305 g/mol. The maximum Gasteiger partial charge on any atom is 0.277 e. The van der Waals surface area contributed by atoms with Gasteiger partial charge in [-0.25, -0.2) is 0 Å². The van der Waals surface area contributed by atoms with Crippen LogP contribution in [-0.4, -0.2) is 23.2 Å². The number of hydrogen-bond acceptors (Lipinski definition) is 5. The molecule has 1 aromatic carbocycles. The normalized spacial score (nSPS) is 10.4. The van der Waals surface area contributed by atoms with Gasteiger partial charge in [-0.05, 0) is 18.6 Å². The van der Waals surface area contributed by atoms with Crippen LogP contribution in [0, 0.1) is 6.92 Å². The molecule has 0 aliphatic rings. The first kappa shape index (κ1) is 15.1. The largest absolute Gasteiger partial charge is 0.389 e. The lowest BCUT2D eigenvalue weighted by atomic mass is 10.1. The van der Waals surface area contributed by atoms with Crippen LogP contribution in [0.5, 0.6) is 0 Å². The lowest BCUT2D eigenvalue weighted by molar-refractivity contribution is 0.101. The molecule has 0 aliphatic heterocycles. The number of anilines is 1. The minimum absolute atomic E-state index is 0.183. The maximum absolute atomic E-state index is 12.1. The van der Waals surface area contributed by atoms with Crippen LogP contribution in [0.3, 0.4) is 0 Å². The van der Waals surface area contributed by atoms with Gasteiger partial charge in [-0.1, -0.05) is 29.5 Å². The van der Waals surface area contributed by atoms with Gasteiger partial charge in [0.25, 0.3) is 5.91 Å². The second-order valence-corrected chi connectivity index (χ2v) is 4.90. The number of carbonyl (C=O) groups is 1. The fraction of sp³-hybridized carbons (Fsp3) is 0.214. The highest BCUT2D eigenvalue weighted by atomic mass is 32.1. The Kier molecular flexibility index (Phi) is 4.66. The van der Waals surface area contributed by atoms with Gasteiger partial charge in [-0.3, -0.25) is 4.79 Å². The molecule has 3 N–H and O–H groups in total. The third-order valence-corrected chi connectivity index (χ3v) is 3.08. The van der Waals surface area contributed by atoms with Gasteiger partial charge in [0.1, 0.15) is 11.6 Å². The SMILES string of the molecule is COCc1cc(C(=O)Nc2cc(C(N)=S)ccc2C)no1. The predicted molar refractivity (Wildman–Crippen MR) is 82.2 cm³/mol. The molecule has 1 aromatic heterocycles. The number of hydrogen-bond donors (Lipinski definition) is 2. The Bertz CT molecular complexity index is 682. The number of thiocarbonyl (C=S) groups is 1. The fourth-order valence-corrected chi connectivity index (χ4v) is 1.85. The molecule has 0 bridgehead atoms. The summed E-state index contributed by atoms with van der Waals surface area (Å²) in [6.07, 6.45) is 0. The Morgan fingerprint density at radius 1 is 1.48 bits per heavy atom. The van der Waals surface area contributed by atoms with E-state index in [-0.39, 0.29) is 23.2 Å². The molecule has 2 aromatic rings. The number of carbonyl (C=O) groups excluding carboxylic acids is 1. The second-order valence-electron chi connectivity index (χ2n) is 4.46. The molecule has 2 rings (SSSR count). The second kappa shape index (κ2) is 6.47. The summed E-state index contributed by atoms with van der Waals surface area (Å²) in [6.45, 7) is 2.13. The molecule has 110 valence electrons. The van der Waals surface area contributed by atoms with Crippen LogP contribution in [0.15, 0.2) is 28.8 Å². The third-order valence-electron chi connectivity index (χ3n) is 2.85. The minimum atomic E-state index is -0.371. The summed E-state index contributed by atoms with van der Waals surface area (Å²) in [6, 6.07) is 6.90. The van der Waals surface area contributed by atoms with Gasteiger partial charge < -0.3 is 20.3 Å². The number of aromatic nitrogens is 1. The zero-order chi connectivity index (χ0) is 15.4. The molecule has 0 spiro atoms. The summed E-state index contributed by atoms with van der Waals surface area (Å²) in [5.74, 6) is 0.112. The summed E-state index contributed by atoms with van der Waals surface area (Å²) < 4.78 is 9.89. The van der Waals surface area contributed by atoms with Crippen molar-refractivity contribution in [3.05, 3.63) is 46.8 Å². The van der Waals surface area contributed by atoms with E-state index < -0.39 is 0 Å². The van der Waals surface area contributed by atoms with Crippen LogP contribution < -0.4 is 11.1 Å². The third kappa shape index (κ3) is 3.65. The number of rotatable bonds is 5. The van der Waals surface area contributed by atoms with Gasteiger partial charge in [-0.2, -0.15) is 0 Å². The summed E-state index contributed by atoms with van der Waals surface area (Å²) >= 11 is 4.93. The smallest absolute Gasteiger partial charge is 0.277 e. The number of benzene rings is 1. The molecule has 0 saturated carbocycles. The van der Waals surface area contributed by atoms with E-state index in [1.807, 2.05) is 13.0 Å². The highest BCUT2D eigenvalue weighted by molar-refractivity contribution is 7.80. The molecular weight excluding hydrogens is 290 g/mol. The van der Waals surface area contributed by atoms with Gasteiger partial charge in [0, 0.05) is 24.4 Å². The molecule has 0 radical (unpaired) electrons. The number of ether oxygens (including phenoxy) is 1. The van der Waals surface area contributed by atoms with Gasteiger partial charge in [0.2, 0.25) is 0 Å². The molecule has 6 nitrogen and oxygen atoms in total. The lowest BCUT2D eigenvalue weighted by Gasteiger charge is -2.08. The highest BCUT2D eigenvalue weighted by Gasteiger charge is 2.14. The van der Waals surface area contributed by atoms with Gasteiger partial charge in [0.05, 0.1) is 0 Å². The molecule has 0 unspecified atom stereocenters. The first-order valence-corrected chi connectivity index (χ1v) is 6.58. The Balaban J connectivity index is 2.18. The zero-order valence-electron chi connectivity index (χ0n) is 11.7. The van der Waals surface area contributed by atoms with E-state index in [9.17, 15) is 4.79 Å². The first-order chi connectivity index (χ1) is 10.0. The van der Waals surface area contributed by atoms with E-state index in [1.165, 1.54) is 13.2 Å². The first-order valence-electron chi connectivity index (χ1n) is 6.17. The maximum atomic E-state index is 12.1. The average Bonchev–Trinajstić information content (AvgIpc) is 2.90. The van der Waals surface area contributed by atoms with Crippen LogP contribution in [0.25, 0.3) is 0 Å². The minimum Gasteiger partial charge on any atom is -0.389 e. The van der Waals surface area contributed by atoms with E-state index >= 15 is 0 Å². The predicted octanol–water partition coefficient (Wildman–Crippen LogP) is 2.02. The van der Waals surface area contributed by atoms with E-state index in [1.54, 1.807) is 12.1 Å². The standard InChI is InChI=1S/C14H15N3O3S/c1-8-3-4-9(13(15)21)5-11(8)16-14(18)12-6-10(7-19-2)20-17-12/h3-6H,7H2,1-2H3,(H2,15,21)(H,16,18). The number of nitrogens with one attached hydrogen (secondary N) is 1. The van der Waals surface area contributed by atoms with Crippen LogP contribution >= 0.6 is 12.2 Å². The number of nitrogens with two attached hydrogens (primary N) is 1. The Hall–Kier alpha value is -2.25. The van der Waals surface area contributed by atoms with Crippen LogP contribution in [0.2, 0.25) is 0 Å². The van der Waals surface area contributed by atoms with Crippen molar-refractivity contribution in [3.8, 4) is 0 Å². The molecule has 0 saturated heterocycles.